The monoisotopic (exact) mass is 241 g/mol. The number of ether oxygens (including phenoxy) is 1. The van der Waals surface area contributed by atoms with Crippen molar-refractivity contribution in [1.82, 2.24) is 4.90 Å². The van der Waals surface area contributed by atoms with E-state index in [0.717, 1.165) is 12.3 Å². The molecule has 0 radical (unpaired) electrons. The third-order valence-corrected chi connectivity index (χ3v) is 3.59. The predicted molar refractivity (Wildman–Crippen MR) is 60.4 cm³/mol. The lowest BCUT2D eigenvalue weighted by atomic mass is 10.2. The fraction of sp³-hybridized carbons (Fsp3) is 0.833. The summed E-state index contributed by atoms with van der Waals surface area (Å²) in [7, 11) is 1.55. The Bertz CT molecular complexity index is 314. The molecular weight excluding hydrogens is 222 g/mol. The van der Waals surface area contributed by atoms with E-state index in [1.165, 1.54) is 17.7 Å². The Morgan fingerprint density at radius 3 is 2.65 bits per heavy atom. The zero-order valence-corrected chi connectivity index (χ0v) is 10.1. The smallest absolute Gasteiger partial charge is 0.323 e. The lowest BCUT2D eigenvalue weighted by Crippen LogP contribution is -2.39. The van der Waals surface area contributed by atoms with Gasteiger partial charge in [0.05, 0.1) is 6.61 Å². The van der Waals surface area contributed by atoms with Crippen LogP contribution < -0.4 is 0 Å². The number of nitrogens with zero attached hydrogens (tertiary/aromatic N) is 1. The average Bonchev–Trinajstić information content (AvgIpc) is 3.14. The van der Waals surface area contributed by atoms with Gasteiger partial charge in [-0.3, -0.25) is 9.59 Å². The zero-order valence-electron chi connectivity index (χ0n) is 10.1. The minimum absolute atomic E-state index is 0.00125. The lowest BCUT2D eigenvalue weighted by molar-refractivity contribution is -0.145. The fourth-order valence-corrected chi connectivity index (χ4v) is 2.41. The highest BCUT2D eigenvalue weighted by Gasteiger charge is 2.52. The number of carboxylic acids is 1. The van der Waals surface area contributed by atoms with Gasteiger partial charge in [0.2, 0.25) is 5.91 Å². The number of carbonyl (C=O) groups is 2. The number of carbonyl (C=O) groups excluding carboxylic acids is 1. The molecule has 0 bridgehead atoms. The Labute approximate surface area is 101 Å². The van der Waals surface area contributed by atoms with Gasteiger partial charge >= 0.3 is 5.97 Å². The van der Waals surface area contributed by atoms with Gasteiger partial charge < -0.3 is 14.7 Å². The van der Waals surface area contributed by atoms with Crippen molar-refractivity contribution in [1.29, 1.82) is 0 Å². The standard InChI is InChI=1S/C12H19NO4/c1-17-5-4-13(7-11(14)15)12(16)10-6-9(10)8-2-3-8/h8-10H,2-7H2,1H3,(H,14,15)/t9-,10+/m0/s1. The van der Waals surface area contributed by atoms with Crippen molar-refractivity contribution in [3.05, 3.63) is 0 Å². The largest absolute Gasteiger partial charge is 0.480 e. The van der Waals surface area contributed by atoms with Gasteiger partial charge in [-0.05, 0) is 31.1 Å². The molecule has 1 amide bonds. The van der Waals surface area contributed by atoms with E-state index in [-0.39, 0.29) is 18.4 Å². The van der Waals surface area contributed by atoms with E-state index in [4.69, 9.17) is 9.84 Å². The molecule has 2 saturated carbocycles. The van der Waals surface area contributed by atoms with Crippen LogP contribution in [0.3, 0.4) is 0 Å². The average molecular weight is 241 g/mol. The second kappa shape index (κ2) is 5.04. The minimum Gasteiger partial charge on any atom is -0.480 e. The van der Waals surface area contributed by atoms with E-state index in [9.17, 15) is 9.59 Å². The van der Waals surface area contributed by atoms with Gasteiger partial charge in [-0.1, -0.05) is 0 Å². The summed E-state index contributed by atoms with van der Waals surface area (Å²) in [6.45, 7) is 0.547. The summed E-state index contributed by atoms with van der Waals surface area (Å²) in [5.74, 6) is 0.387. The normalized spacial score (nSPS) is 26.6. The quantitative estimate of drug-likeness (QED) is 0.708. The molecule has 17 heavy (non-hydrogen) atoms. The van der Waals surface area contributed by atoms with Crippen LogP contribution in [-0.2, 0) is 14.3 Å². The van der Waals surface area contributed by atoms with E-state index >= 15 is 0 Å². The molecule has 0 unspecified atom stereocenters. The molecule has 2 rings (SSSR count). The summed E-state index contributed by atoms with van der Waals surface area (Å²) in [6, 6.07) is 0. The van der Waals surface area contributed by atoms with Crippen molar-refractivity contribution in [3.63, 3.8) is 0 Å². The van der Waals surface area contributed by atoms with Crippen LogP contribution >= 0.6 is 0 Å². The van der Waals surface area contributed by atoms with Gasteiger partial charge in [-0.15, -0.1) is 0 Å². The third kappa shape index (κ3) is 3.19. The summed E-state index contributed by atoms with van der Waals surface area (Å²) >= 11 is 0. The lowest BCUT2D eigenvalue weighted by Gasteiger charge is -2.20. The number of amides is 1. The highest BCUT2D eigenvalue weighted by atomic mass is 16.5. The van der Waals surface area contributed by atoms with Crippen LogP contribution in [0, 0.1) is 17.8 Å². The molecule has 2 aliphatic rings. The van der Waals surface area contributed by atoms with E-state index in [1.807, 2.05) is 0 Å². The van der Waals surface area contributed by atoms with Crippen LogP contribution in [0.4, 0.5) is 0 Å². The highest BCUT2D eigenvalue weighted by Crippen LogP contribution is 2.54. The Hall–Kier alpha value is -1.10. The first-order valence-electron chi connectivity index (χ1n) is 6.13. The van der Waals surface area contributed by atoms with E-state index in [1.54, 1.807) is 7.11 Å². The van der Waals surface area contributed by atoms with Crippen LogP contribution in [0.5, 0.6) is 0 Å². The summed E-state index contributed by atoms with van der Waals surface area (Å²) in [6.07, 6.45) is 3.43. The molecule has 1 N–H and O–H groups in total. The molecule has 5 heteroatoms. The SMILES string of the molecule is COCCN(CC(=O)O)C(=O)[C@@H]1C[C@H]1C1CC1. The Kier molecular flexibility index (Phi) is 3.66. The van der Waals surface area contributed by atoms with Crippen LogP contribution in [-0.4, -0.2) is 48.7 Å². The van der Waals surface area contributed by atoms with Crippen molar-refractivity contribution in [2.24, 2.45) is 17.8 Å². The van der Waals surface area contributed by atoms with Crippen LogP contribution in [0.15, 0.2) is 0 Å². The molecule has 2 atom stereocenters. The number of methoxy groups -OCH3 is 1. The van der Waals surface area contributed by atoms with Gasteiger partial charge in [0.1, 0.15) is 6.54 Å². The van der Waals surface area contributed by atoms with Gasteiger partial charge in [0.15, 0.2) is 0 Å². The van der Waals surface area contributed by atoms with Crippen LogP contribution in [0.25, 0.3) is 0 Å². The second-order valence-electron chi connectivity index (χ2n) is 4.99. The molecule has 0 heterocycles. The van der Waals surface area contributed by atoms with Gasteiger partial charge in [0, 0.05) is 19.6 Å². The van der Waals surface area contributed by atoms with Crippen molar-refractivity contribution >= 4 is 11.9 Å². The van der Waals surface area contributed by atoms with Gasteiger partial charge in [-0.25, -0.2) is 0 Å². The maximum Gasteiger partial charge on any atom is 0.323 e. The van der Waals surface area contributed by atoms with E-state index < -0.39 is 5.97 Å². The molecule has 0 saturated heterocycles. The van der Waals surface area contributed by atoms with Crippen molar-refractivity contribution < 1.29 is 19.4 Å². The molecule has 0 spiro atoms. The molecule has 5 nitrogen and oxygen atoms in total. The number of hydrogen-bond acceptors (Lipinski definition) is 3. The molecule has 0 aromatic carbocycles. The summed E-state index contributed by atoms with van der Waals surface area (Å²) in [5, 5.41) is 8.79. The van der Waals surface area contributed by atoms with Gasteiger partial charge in [-0.2, -0.15) is 0 Å². The molecule has 2 fully saturated rings. The van der Waals surface area contributed by atoms with Gasteiger partial charge in [0.25, 0.3) is 0 Å². The van der Waals surface area contributed by atoms with Crippen LogP contribution in [0.2, 0.25) is 0 Å². The first-order chi connectivity index (χ1) is 8.13. The maximum absolute atomic E-state index is 12.1. The minimum atomic E-state index is -0.960. The molecule has 0 aliphatic heterocycles. The molecule has 0 aromatic heterocycles. The summed E-state index contributed by atoms with van der Waals surface area (Å²) in [5.41, 5.74) is 0. The summed E-state index contributed by atoms with van der Waals surface area (Å²) < 4.78 is 4.90. The molecular formula is C12H19NO4. The maximum atomic E-state index is 12.1. The van der Waals surface area contributed by atoms with Crippen LogP contribution in [0.1, 0.15) is 19.3 Å². The zero-order chi connectivity index (χ0) is 12.4. The third-order valence-electron chi connectivity index (χ3n) is 3.59. The number of hydrogen-bond donors (Lipinski definition) is 1. The first-order valence-corrected chi connectivity index (χ1v) is 6.13. The van der Waals surface area contributed by atoms with E-state index in [0.29, 0.717) is 19.1 Å². The topological polar surface area (TPSA) is 66.8 Å². The second-order valence-corrected chi connectivity index (χ2v) is 4.99. The fourth-order valence-electron chi connectivity index (χ4n) is 2.41. The Morgan fingerprint density at radius 2 is 2.12 bits per heavy atom. The molecule has 0 aromatic rings. The van der Waals surface area contributed by atoms with Crippen molar-refractivity contribution in [2.75, 3.05) is 26.8 Å². The predicted octanol–water partition coefficient (Wildman–Crippen LogP) is 0.592. The highest BCUT2D eigenvalue weighted by molar-refractivity contribution is 5.85. The number of rotatable bonds is 7. The van der Waals surface area contributed by atoms with Crippen molar-refractivity contribution in [2.45, 2.75) is 19.3 Å². The molecule has 2 aliphatic carbocycles. The number of carboxylic acid groups (broad SMARTS) is 1. The molecule has 96 valence electrons. The summed E-state index contributed by atoms with van der Waals surface area (Å²) in [4.78, 5) is 24.2. The Balaban J connectivity index is 1.85. The number of aliphatic carboxylic acids is 1. The van der Waals surface area contributed by atoms with E-state index in [2.05, 4.69) is 0 Å². The van der Waals surface area contributed by atoms with Crippen molar-refractivity contribution in [3.8, 4) is 0 Å². The first kappa shape index (κ1) is 12.4. The Morgan fingerprint density at radius 1 is 1.41 bits per heavy atom.